The molecule has 0 aromatic carbocycles. The summed E-state index contributed by atoms with van der Waals surface area (Å²) in [4.78, 5) is 11.2. The molecule has 0 aliphatic rings. The number of amides is 1. The number of nitrogens with two attached hydrogens (primary N) is 1. The summed E-state index contributed by atoms with van der Waals surface area (Å²) in [5.41, 5.74) is 6.25. The number of carbonyl (C=O) groups is 1. The summed E-state index contributed by atoms with van der Waals surface area (Å²) >= 11 is 5.81. The van der Waals surface area contributed by atoms with E-state index < -0.39 is 0 Å². The van der Waals surface area contributed by atoms with Crippen molar-refractivity contribution in [1.82, 2.24) is 5.32 Å². The van der Waals surface area contributed by atoms with Crippen molar-refractivity contribution in [2.45, 2.75) is 6.92 Å². The van der Waals surface area contributed by atoms with Crippen molar-refractivity contribution in [1.29, 1.82) is 0 Å². The van der Waals surface area contributed by atoms with E-state index in [0.29, 0.717) is 0 Å². The van der Waals surface area contributed by atoms with Crippen LogP contribution in [0.5, 0.6) is 0 Å². The number of halogens is 1. The molecule has 0 aliphatic carbocycles. The number of hydrogen-bond donors (Lipinski definition) is 2. The summed E-state index contributed by atoms with van der Waals surface area (Å²) in [5.74, 6) is -0.315. The lowest BCUT2D eigenvalue weighted by molar-refractivity contribution is -0.116. The predicted molar refractivity (Wildman–Crippen MR) is 55.1 cm³/mol. The van der Waals surface area contributed by atoms with E-state index in [2.05, 4.69) is 11.9 Å². The maximum Gasteiger partial charge on any atom is 0.254 e. The molecule has 0 bridgehead atoms. The minimum Gasteiger partial charge on any atom is -0.404 e. The molecule has 0 spiro atoms. The SMILES string of the molecule is C=C(C)/C=C(Cl)\C(=C/N)C(=O)NC. The standard InChI is InChI=1S/C9H13ClN2O/c1-6(2)4-8(10)7(5-11)9(13)12-3/h4-5H,1,11H2,2-3H3,(H,12,13)/b7-5+,8-4+. The Morgan fingerprint density at radius 2 is 2.15 bits per heavy atom. The first kappa shape index (κ1) is 11.8. The lowest BCUT2D eigenvalue weighted by Crippen LogP contribution is -2.21. The van der Waals surface area contributed by atoms with Gasteiger partial charge in [0.15, 0.2) is 0 Å². The Morgan fingerprint density at radius 1 is 1.62 bits per heavy atom. The van der Waals surface area contributed by atoms with Gasteiger partial charge in [0.25, 0.3) is 5.91 Å². The van der Waals surface area contributed by atoms with Gasteiger partial charge in [-0.3, -0.25) is 4.79 Å². The van der Waals surface area contributed by atoms with Crippen LogP contribution in [0.3, 0.4) is 0 Å². The maximum atomic E-state index is 11.2. The van der Waals surface area contributed by atoms with Crippen LogP contribution in [0.15, 0.2) is 35.0 Å². The van der Waals surface area contributed by atoms with Crippen molar-refractivity contribution in [3.8, 4) is 0 Å². The van der Waals surface area contributed by atoms with Gasteiger partial charge in [-0.25, -0.2) is 0 Å². The Balaban J connectivity index is 4.81. The predicted octanol–water partition coefficient (Wildman–Crippen LogP) is 1.27. The minimum atomic E-state index is -0.315. The van der Waals surface area contributed by atoms with Crippen LogP contribution in [0.1, 0.15) is 6.92 Å². The third-order valence-electron chi connectivity index (χ3n) is 1.27. The number of hydrogen-bond acceptors (Lipinski definition) is 2. The molecule has 0 fully saturated rings. The highest BCUT2D eigenvalue weighted by Gasteiger charge is 2.09. The van der Waals surface area contributed by atoms with Crippen molar-refractivity contribution < 1.29 is 4.79 Å². The maximum absolute atomic E-state index is 11.2. The summed E-state index contributed by atoms with van der Waals surface area (Å²) in [5, 5.41) is 2.71. The van der Waals surface area contributed by atoms with E-state index in [1.807, 2.05) is 0 Å². The quantitative estimate of drug-likeness (QED) is 0.533. The summed E-state index contributed by atoms with van der Waals surface area (Å²) in [6, 6.07) is 0. The van der Waals surface area contributed by atoms with E-state index in [-0.39, 0.29) is 16.5 Å². The van der Waals surface area contributed by atoms with Crippen LogP contribution < -0.4 is 11.1 Å². The molecule has 0 aromatic heterocycles. The van der Waals surface area contributed by atoms with E-state index in [9.17, 15) is 4.79 Å². The zero-order chi connectivity index (χ0) is 10.4. The van der Waals surface area contributed by atoms with E-state index in [1.165, 1.54) is 13.2 Å². The van der Waals surface area contributed by atoms with Gasteiger partial charge < -0.3 is 11.1 Å². The number of likely N-dealkylation sites (N-methyl/N-ethyl adjacent to an activating group) is 1. The fourth-order valence-electron chi connectivity index (χ4n) is 0.693. The van der Waals surface area contributed by atoms with Crippen LogP contribution in [0, 0.1) is 0 Å². The fourth-order valence-corrected chi connectivity index (χ4v) is 1.03. The van der Waals surface area contributed by atoms with Crippen molar-refractivity contribution in [2.24, 2.45) is 5.73 Å². The highest BCUT2D eigenvalue weighted by atomic mass is 35.5. The first-order valence-corrected chi connectivity index (χ1v) is 4.07. The monoisotopic (exact) mass is 200 g/mol. The molecule has 0 atom stereocenters. The van der Waals surface area contributed by atoms with Crippen LogP contribution in [0.4, 0.5) is 0 Å². The molecule has 0 heterocycles. The zero-order valence-electron chi connectivity index (χ0n) is 7.73. The summed E-state index contributed by atoms with van der Waals surface area (Å²) in [6.07, 6.45) is 2.75. The first-order chi connectivity index (χ1) is 6.02. The molecule has 1 amide bonds. The Kier molecular flexibility index (Phi) is 4.92. The highest BCUT2D eigenvalue weighted by molar-refractivity contribution is 6.35. The summed E-state index contributed by atoms with van der Waals surface area (Å²) in [6.45, 7) is 5.41. The second-order valence-corrected chi connectivity index (χ2v) is 2.91. The van der Waals surface area contributed by atoms with Crippen molar-refractivity contribution in [3.63, 3.8) is 0 Å². The van der Waals surface area contributed by atoms with Crippen LogP contribution in [0.2, 0.25) is 0 Å². The minimum absolute atomic E-state index is 0.243. The van der Waals surface area contributed by atoms with Gasteiger partial charge in [0.05, 0.1) is 10.6 Å². The van der Waals surface area contributed by atoms with Crippen LogP contribution in [-0.4, -0.2) is 13.0 Å². The summed E-state index contributed by atoms with van der Waals surface area (Å²) in [7, 11) is 1.51. The topological polar surface area (TPSA) is 55.1 Å². The Bertz CT molecular complexity index is 279. The average molecular weight is 201 g/mol. The Labute approximate surface area is 82.9 Å². The third kappa shape index (κ3) is 3.80. The van der Waals surface area contributed by atoms with Gasteiger partial charge >= 0.3 is 0 Å². The second-order valence-electron chi connectivity index (χ2n) is 2.50. The average Bonchev–Trinajstić information content (AvgIpc) is 2.03. The normalized spacial score (nSPS) is 12.5. The third-order valence-corrected chi connectivity index (χ3v) is 1.58. The molecule has 0 saturated carbocycles. The van der Waals surface area contributed by atoms with Crippen molar-refractivity contribution >= 4 is 17.5 Å². The van der Waals surface area contributed by atoms with Gasteiger partial charge in [-0.05, 0) is 13.0 Å². The van der Waals surface area contributed by atoms with Gasteiger partial charge in [-0.15, -0.1) is 0 Å². The van der Waals surface area contributed by atoms with Crippen LogP contribution in [-0.2, 0) is 4.79 Å². The number of rotatable bonds is 3. The van der Waals surface area contributed by atoms with Crippen LogP contribution >= 0.6 is 11.6 Å². The molecule has 3 N–H and O–H groups in total. The molecule has 3 nitrogen and oxygen atoms in total. The molecule has 0 saturated heterocycles. The number of carbonyl (C=O) groups excluding carboxylic acids is 1. The molecule has 0 radical (unpaired) electrons. The van der Waals surface area contributed by atoms with Gasteiger partial charge in [-0.2, -0.15) is 0 Å². The smallest absolute Gasteiger partial charge is 0.254 e. The van der Waals surface area contributed by atoms with Gasteiger partial charge in [0.1, 0.15) is 0 Å². The van der Waals surface area contributed by atoms with Crippen molar-refractivity contribution in [2.75, 3.05) is 7.05 Å². The van der Waals surface area contributed by atoms with Gasteiger partial charge in [-0.1, -0.05) is 23.8 Å². The second kappa shape index (κ2) is 5.43. The molecule has 0 aliphatic heterocycles. The molecule has 0 rings (SSSR count). The molecule has 0 unspecified atom stereocenters. The van der Waals surface area contributed by atoms with Gasteiger partial charge in [0, 0.05) is 13.2 Å². The fraction of sp³-hybridized carbons (Fsp3) is 0.222. The molecule has 4 heteroatoms. The molecular weight excluding hydrogens is 188 g/mol. The summed E-state index contributed by atoms with van der Waals surface area (Å²) < 4.78 is 0. The van der Waals surface area contributed by atoms with Gasteiger partial charge in [0.2, 0.25) is 0 Å². The zero-order valence-corrected chi connectivity index (χ0v) is 8.48. The molecule has 13 heavy (non-hydrogen) atoms. The van der Waals surface area contributed by atoms with Crippen molar-refractivity contribution in [3.05, 3.63) is 35.0 Å². The Hall–Kier alpha value is -1.22. The highest BCUT2D eigenvalue weighted by Crippen LogP contribution is 2.15. The van der Waals surface area contributed by atoms with Crippen LogP contribution in [0.25, 0.3) is 0 Å². The lowest BCUT2D eigenvalue weighted by Gasteiger charge is -2.03. The molecule has 72 valence electrons. The lowest BCUT2D eigenvalue weighted by atomic mass is 10.2. The number of nitrogens with one attached hydrogen (secondary N) is 1. The van der Waals surface area contributed by atoms with E-state index >= 15 is 0 Å². The van der Waals surface area contributed by atoms with E-state index in [0.717, 1.165) is 5.57 Å². The first-order valence-electron chi connectivity index (χ1n) is 3.70. The largest absolute Gasteiger partial charge is 0.404 e. The molecular formula is C9H13ClN2O. The number of allylic oxidation sites excluding steroid dienone is 2. The Morgan fingerprint density at radius 3 is 2.46 bits per heavy atom. The van der Waals surface area contributed by atoms with E-state index in [4.69, 9.17) is 17.3 Å². The molecule has 0 aromatic rings. The van der Waals surface area contributed by atoms with E-state index in [1.54, 1.807) is 13.0 Å².